The van der Waals surface area contributed by atoms with E-state index in [-0.39, 0.29) is 6.61 Å². The summed E-state index contributed by atoms with van der Waals surface area (Å²) in [5, 5.41) is 9.28. The van der Waals surface area contributed by atoms with Crippen LogP contribution in [0.15, 0.2) is 42.7 Å². The van der Waals surface area contributed by atoms with Gasteiger partial charge >= 0.3 is 0 Å². The van der Waals surface area contributed by atoms with Gasteiger partial charge in [0, 0.05) is 32.0 Å². The van der Waals surface area contributed by atoms with E-state index >= 15 is 0 Å². The molecule has 1 aromatic heterocycles. The number of rotatable bonds is 6. The summed E-state index contributed by atoms with van der Waals surface area (Å²) in [5.74, 6) is 1.60. The number of ether oxygens (including phenoxy) is 2. The maximum Gasteiger partial charge on any atom is 0.161 e. The Morgan fingerprint density at radius 2 is 1.86 bits per heavy atom. The van der Waals surface area contributed by atoms with Crippen molar-refractivity contribution < 1.29 is 14.6 Å². The van der Waals surface area contributed by atoms with Crippen molar-refractivity contribution in [1.82, 2.24) is 9.88 Å². The van der Waals surface area contributed by atoms with E-state index < -0.39 is 0 Å². The largest absolute Gasteiger partial charge is 0.486 e. The van der Waals surface area contributed by atoms with Crippen molar-refractivity contribution >= 4 is 0 Å². The number of hydrogen-bond acceptors (Lipinski definition) is 5. The molecule has 0 aliphatic carbocycles. The highest BCUT2D eigenvalue weighted by atomic mass is 16.6. The predicted octanol–water partition coefficient (Wildman–Crippen LogP) is 1.85. The molecular formula is C17H20N2O3. The standard InChI is InChI=1S/C17H20N2O3/c20-7-6-19(13-15-2-1-5-18-11-15)12-14-3-4-16-17(10-14)22-9-8-21-16/h1-5,10-11,20H,6-9,12-13H2. The normalized spacial score (nSPS) is 13.4. The molecule has 1 N–H and O–H groups in total. The van der Waals surface area contributed by atoms with E-state index in [1.807, 2.05) is 36.5 Å². The van der Waals surface area contributed by atoms with Crippen LogP contribution in [0.4, 0.5) is 0 Å². The van der Waals surface area contributed by atoms with Gasteiger partial charge in [-0.05, 0) is 29.3 Å². The Hall–Kier alpha value is -2.11. The minimum absolute atomic E-state index is 0.130. The third kappa shape index (κ3) is 3.75. The van der Waals surface area contributed by atoms with E-state index in [1.165, 1.54) is 0 Å². The first-order chi connectivity index (χ1) is 10.8. The molecule has 0 bridgehead atoms. The molecule has 0 spiro atoms. The van der Waals surface area contributed by atoms with Crippen molar-refractivity contribution in [2.75, 3.05) is 26.4 Å². The summed E-state index contributed by atoms with van der Waals surface area (Å²) in [5.41, 5.74) is 2.27. The van der Waals surface area contributed by atoms with Crippen LogP contribution in [0.3, 0.4) is 0 Å². The van der Waals surface area contributed by atoms with Crippen LogP contribution < -0.4 is 9.47 Å². The molecule has 0 fully saturated rings. The van der Waals surface area contributed by atoms with Crippen LogP contribution in [0.25, 0.3) is 0 Å². The number of fused-ring (bicyclic) bond motifs is 1. The van der Waals surface area contributed by atoms with Gasteiger partial charge in [0.1, 0.15) is 13.2 Å². The van der Waals surface area contributed by atoms with Crippen LogP contribution in [0.5, 0.6) is 11.5 Å². The van der Waals surface area contributed by atoms with Gasteiger partial charge in [-0.2, -0.15) is 0 Å². The summed E-state index contributed by atoms with van der Waals surface area (Å²) < 4.78 is 11.2. The smallest absolute Gasteiger partial charge is 0.161 e. The molecule has 5 nitrogen and oxygen atoms in total. The molecule has 1 aliphatic rings. The number of pyridine rings is 1. The number of hydrogen-bond donors (Lipinski definition) is 1. The van der Waals surface area contributed by atoms with Crippen molar-refractivity contribution in [2.45, 2.75) is 13.1 Å². The first-order valence-electron chi connectivity index (χ1n) is 7.46. The lowest BCUT2D eigenvalue weighted by atomic mass is 10.1. The molecule has 22 heavy (non-hydrogen) atoms. The van der Waals surface area contributed by atoms with E-state index in [9.17, 15) is 5.11 Å². The Morgan fingerprint density at radius 1 is 1.05 bits per heavy atom. The summed E-state index contributed by atoms with van der Waals surface area (Å²) >= 11 is 0. The number of benzene rings is 1. The van der Waals surface area contributed by atoms with E-state index in [0.29, 0.717) is 19.8 Å². The van der Waals surface area contributed by atoms with Gasteiger partial charge in [0.15, 0.2) is 11.5 Å². The Bertz CT molecular complexity index is 604. The van der Waals surface area contributed by atoms with Gasteiger partial charge in [0.2, 0.25) is 0 Å². The highest BCUT2D eigenvalue weighted by Gasteiger charge is 2.13. The molecule has 116 valence electrons. The van der Waals surface area contributed by atoms with Gasteiger partial charge in [-0.15, -0.1) is 0 Å². The molecular weight excluding hydrogens is 280 g/mol. The summed E-state index contributed by atoms with van der Waals surface area (Å²) in [4.78, 5) is 6.32. The lowest BCUT2D eigenvalue weighted by Crippen LogP contribution is -2.26. The first kappa shape index (κ1) is 14.8. The fourth-order valence-electron chi connectivity index (χ4n) is 2.55. The van der Waals surface area contributed by atoms with Crippen LogP contribution in [-0.4, -0.2) is 41.4 Å². The Labute approximate surface area is 130 Å². The summed E-state index contributed by atoms with van der Waals surface area (Å²) in [7, 11) is 0. The number of aromatic nitrogens is 1. The molecule has 2 heterocycles. The molecule has 0 unspecified atom stereocenters. The van der Waals surface area contributed by atoms with E-state index in [1.54, 1.807) is 6.20 Å². The molecule has 0 amide bonds. The fourth-order valence-corrected chi connectivity index (χ4v) is 2.55. The maximum absolute atomic E-state index is 9.28. The monoisotopic (exact) mass is 300 g/mol. The average Bonchev–Trinajstić information content (AvgIpc) is 2.56. The first-order valence-corrected chi connectivity index (χ1v) is 7.46. The van der Waals surface area contributed by atoms with Gasteiger partial charge in [0.05, 0.1) is 6.61 Å². The number of nitrogens with zero attached hydrogens (tertiary/aromatic N) is 2. The fraction of sp³-hybridized carbons (Fsp3) is 0.353. The molecule has 0 saturated carbocycles. The van der Waals surface area contributed by atoms with E-state index in [2.05, 4.69) is 9.88 Å². The van der Waals surface area contributed by atoms with Crippen molar-refractivity contribution in [3.8, 4) is 11.5 Å². The highest BCUT2D eigenvalue weighted by molar-refractivity contribution is 5.43. The zero-order valence-electron chi connectivity index (χ0n) is 12.4. The van der Waals surface area contributed by atoms with Gasteiger partial charge in [-0.3, -0.25) is 9.88 Å². The second kappa shape index (κ2) is 7.24. The third-order valence-corrected chi connectivity index (χ3v) is 3.56. The molecule has 0 saturated heterocycles. The Kier molecular flexibility index (Phi) is 4.88. The molecule has 1 aliphatic heterocycles. The Balaban J connectivity index is 1.70. The zero-order valence-corrected chi connectivity index (χ0v) is 12.4. The maximum atomic E-state index is 9.28. The van der Waals surface area contributed by atoms with Crippen LogP contribution in [-0.2, 0) is 13.1 Å². The lowest BCUT2D eigenvalue weighted by molar-refractivity contribution is 0.169. The quantitative estimate of drug-likeness (QED) is 0.882. The van der Waals surface area contributed by atoms with E-state index in [0.717, 1.165) is 35.7 Å². The van der Waals surface area contributed by atoms with E-state index in [4.69, 9.17) is 9.47 Å². The molecule has 0 atom stereocenters. The van der Waals surface area contributed by atoms with Crippen molar-refractivity contribution in [3.05, 3.63) is 53.9 Å². The van der Waals surface area contributed by atoms with Crippen LogP contribution in [0.2, 0.25) is 0 Å². The molecule has 5 heteroatoms. The second-order valence-electron chi connectivity index (χ2n) is 5.27. The molecule has 3 rings (SSSR count). The predicted molar refractivity (Wildman–Crippen MR) is 82.9 cm³/mol. The topological polar surface area (TPSA) is 54.8 Å². The van der Waals surface area contributed by atoms with Crippen molar-refractivity contribution in [1.29, 1.82) is 0 Å². The van der Waals surface area contributed by atoms with Crippen LogP contribution in [0.1, 0.15) is 11.1 Å². The number of aliphatic hydroxyl groups excluding tert-OH is 1. The lowest BCUT2D eigenvalue weighted by Gasteiger charge is -2.23. The van der Waals surface area contributed by atoms with Gasteiger partial charge < -0.3 is 14.6 Å². The summed E-state index contributed by atoms with van der Waals surface area (Å²) in [6.07, 6.45) is 3.62. The average molecular weight is 300 g/mol. The summed E-state index contributed by atoms with van der Waals surface area (Å²) in [6.45, 7) is 3.43. The van der Waals surface area contributed by atoms with Crippen molar-refractivity contribution in [2.24, 2.45) is 0 Å². The Morgan fingerprint density at radius 3 is 2.64 bits per heavy atom. The van der Waals surface area contributed by atoms with Crippen molar-refractivity contribution in [3.63, 3.8) is 0 Å². The van der Waals surface area contributed by atoms with Crippen LogP contribution >= 0.6 is 0 Å². The molecule has 0 radical (unpaired) electrons. The van der Waals surface area contributed by atoms with Gasteiger partial charge in [-0.1, -0.05) is 12.1 Å². The molecule has 2 aromatic rings. The second-order valence-corrected chi connectivity index (χ2v) is 5.27. The minimum atomic E-state index is 0.130. The SMILES string of the molecule is OCCN(Cc1cccnc1)Cc1ccc2c(c1)OCCO2. The highest BCUT2D eigenvalue weighted by Crippen LogP contribution is 2.31. The van der Waals surface area contributed by atoms with Crippen LogP contribution in [0, 0.1) is 0 Å². The summed E-state index contributed by atoms with van der Waals surface area (Å²) in [6, 6.07) is 9.98. The zero-order chi connectivity index (χ0) is 15.2. The van der Waals surface area contributed by atoms with Gasteiger partial charge in [0.25, 0.3) is 0 Å². The number of aliphatic hydroxyl groups is 1. The third-order valence-electron chi connectivity index (χ3n) is 3.56. The minimum Gasteiger partial charge on any atom is -0.486 e. The molecule has 1 aromatic carbocycles. The van der Waals surface area contributed by atoms with Gasteiger partial charge in [-0.25, -0.2) is 0 Å².